The summed E-state index contributed by atoms with van der Waals surface area (Å²) in [7, 11) is 1.71. The molecule has 5 nitrogen and oxygen atoms in total. The van der Waals surface area contributed by atoms with Gasteiger partial charge in [0.1, 0.15) is 0 Å². The van der Waals surface area contributed by atoms with E-state index in [0.717, 1.165) is 31.9 Å². The summed E-state index contributed by atoms with van der Waals surface area (Å²) in [6, 6.07) is 0. The highest BCUT2D eigenvalue weighted by molar-refractivity contribution is 4.91. The highest BCUT2D eigenvalue weighted by atomic mass is 16.5. The average molecular weight is 296 g/mol. The molecule has 0 aliphatic carbocycles. The number of aryl methyl sites for hydroxylation is 1. The molecular weight excluding hydrogens is 264 g/mol. The van der Waals surface area contributed by atoms with Crippen LogP contribution >= 0.6 is 0 Å². The Morgan fingerprint density at radius 1 is 1.10 bits per heavy atom. The van der Waals surface area contributed by atoms with Crippen LogP contribution in [0.2, 0.25) is 0 Å². The summed E-state index contributed by atoms with van der Waals surface area (Å²) in [6.07, 6.45) is 12.8. The highest BCUT2D eigenvalue weighted by Gasteiger charge is 2.00. The van der Waals surface area contributed by atoms with Gasteiger partial charge < -0.3 is 10.1 Å². The second-order valence-corrected chi connectivity index (χ2v) is 5.62. The molecule has 1 heterocycles. The van der Waals surface area contributed by atoms with E-state index in [-0.39, 0.29) is 0 Å². The third-order valence-electron chi connectivity index (χ3n) is 3.62. The van der Waals surface area contributed by atoms with Gasteiger partial charge >= 0.3 is 0 Å². The van der Waals surface area contributed by atoms with Gasteiger partial charge in [0.15, 0.2) is 0 Å². The fraction of sp³-hybridized carbons (Fsp3) is 0.875. The molecule has 0 aliphatic rings. The van der Waals surface area contributed by atoms with Crippen LogP contribution in [0.1, 0.15) is 64.0 Å². The Bertz CT molecular complexity index is 341. The van der Waals surface area contributed by atoms with Crippen molar-refractivity contribution < 1.29 is 4.74 Å². The molecule has 1 aromatic rings. The number of methoxy groups -OCH3 is 1. The molecule has 0 radical (unpaired) electrons. The lowest BCUT2D eigenvalue weighted by Gasteiger charge is -2.02. The second kappa shape index (κ2) is 12.8. The fourth-order valence-electron chi connectivity index (χ4n) is 2.33. The Labute approximate surface area is 129 Å². The number of unbranched alkanes of at least 4 members (excludes halogenated alkanes) is 7. The molecule has 0 bridgehead atoms. The van der Waals surface area contributed by atoms with Gasteiger partial charge in [-0.25, -0.2) is 0 Å². The third-order valence-corrected chi connectivity index (χ3v) is 3.62. The quantitative estimate of drug-likeness (QED) is 0.536. The van der Waals surface area contributed by atoms with Gasteiger partial charge in [-0.05, 0) is 6.42 Å². The molecule has 122 valence electrons. The Morgan fingerprint density at radius 2 is 1.81 bits per heavy atom. The third kappa shape index (κ3) is 9.58. The molecule has 21 heavy (non-hydrogen) atoms. The first-order valence-electron chi connectivity index (χ1n) is 8.45. The lowest BCUT2D eigenvalue weighted by Crippen LogP contribution is -2.18. The van der Waals surface area contributed by atoms with Crippen molar-refractivity contribution in [2.45, 2.75) is 71.4 Å². The fourth-order valence-corrected chi connectivity index (χ4v) is 2.33. The van der Waals surface area contributed by atoms with Crippen LogP contribution in [0.5, 0.6) is 0 Å². The maximum atomic E-state index is 4.99. The van der Waals surface area contributed by atoms with Gasteiger partial charge in [-0.2, -0.15) is 0 Å². The average Bonchev–Trinajstić information content (AvgIpc) is 2.94. The first kappa shape index (κ1) is 18.1. The topological polar surface area (TPSA) is 52.0 Å². The zero-order chi connectivity index (χ0) is 15.2. The molecule has 1 rings (SSSR count). The van der Waals surface area contributed by atoms with Gasteiger partial charge in [-0.1, -0.05) is 57.1 Å². The van der Waals surface area contributed by atoms with Crippen LogP contribution < -0.4 is 5.32 Å². The van der Waals surface area contributed by atoms with E-state index in [1.54, 1.807) is 7.11 Å². The van der Waals surface area contributed by atoms with Gasteiger partial charge in [0.2, 0.25) is 0 Å². The summed E-state index contributed by atoms with van der Waals surface area (Å²) >= 11 is 0. The Morgan fingerprint density at radius 3 is 2.52 bits per heavy atom. The van der Waals surface area contributed by atoms with Crippen molar-refractivity contribution in [3.8, 4) is 0 Å². The highest BCUT2D eigenvalue weighted by Crippen LogP contribution is 2.08. The van der Waals surface area contributed by atoms with Gasteiger partial charge in [-0.3, -0.25) is 4.68 Å². The standard InChI is InChI=1S/C16H32N4O/c1-3-4-5-6-7-8-9-10-12-20-15-16(18-19-20)14-17-11-13-21-2/h15,17H,3-14H2,1-2H3. The minimum absolute atomic E-state index is 0.729. The van der Waals surface area contributed by atoms with E-state index < -0.39 is 0 Å². The van der Waals surface area contributed by atoms with Gasteiger partial charge in [0.05, 0.1) is 12.3 Å². The van der Waals surface area contributed by atoms with Crippen LogP contribution in [-0.4, -0.2) is 35.3 Å². The number of hydrogen-bond donors (Lipinski definition) is 1. The second-order valence-electron chi connectivity index (χ2n) is 5.62. The van der Waals surface area contributed by atoms with E-state index in [1.165, 1.54) is 51.4 Å². The molecule has 0 unspecified atom stereocenters. The lowest BCUT2D eigenvalue weighted by molar-refractivity contribution is 0.199. The zero-order valence-electron chi connectivity index (χ0n) is 13.8. The smallest absolute Gasteiger partial charge is 0.0964 e. The van der Waals surface area contributed by atoms with Crippen LogP contribution in [0.3, 0.4) is 0 Å². The summed E-state index contributed by atoms with van der Waals surface area (Å²) in [5.41, 5.74) is 1.01. The Kier molecular flexibility index (Phi) is 11.0. The molecule has 1 aromatic heterocycles. The SMILES string of the molecule is CCCCCCCCCCn1cc(CNCCOC)nn1. The molecule has 0 aliphatic heterocycles. The number of rotatable bonds is 14. The minimum atomic E-state index is 0.729. The normalized spacial score (nSPS) is 11.1. The molecule has 0 spiro atoms. The number of aromatic nitrogens is 3. The largest absolute Gasteiger partial charge is 0.383 e. The monoisotopic (exact) mass is 296 g/mol. The molecule has 5 heteroatoms. The van der Waals surface area contributed by atoms with E-state index >= 15 is 0 Å². The van der Waals surface area contributed by atoms with Crippen LogP contribution in [0.25, 0.3) is 0 Å². The number of nitrogens with one attached hydrogen (secondary N) is 1. The molecule has 0 aromatic carbocycles. The molecular formula is C16H32N4O. The zero-order valence-corrected chi connectivity index (χ0v) is 13.8. The Hall–Kier alpha value is -0.940. The van der Waals surface area contributed by atoms with Crippen LogP contribution in [0.4, 0.5) is 0 Å². The maximum Gasteiger partial charge on any atom is 0.0964 e. The molecule has 0 saturated carbocycles. The predicted molar refractivity (Wildman–Crippen MR) is 86.2 cm³/mol. The van der Waals surface area contributed by atoms with E-state index in [0.29, 0.717) is 0 Å². The number of nitrogens with zero attached hydrogens (tertiary/aromatic N) is 3. The Balaban J connectivity index is 1.98. The summed E-state index contributed by atoms with van der Waals surface area (Å²) in [6.45, 7) is 5.59. The van der Waals surface area contributed by atoms with Crippen LogP contribution in [0.15, 0.2) is 6.20 Å². The summed E-state index contributed by atoms with van der Waals surface area (Å²) in [4.78, 5) is 0. The van der Waals surface area contributed by atoms with Crippen molar-refractivity contribution in [3.05, 3.63) is 11.9 Å². The van der Waals surface area contributed by atoms with Crippen molar-refractivity contribution in [2.75, 3.05) is 20.3 Å². The van der Waals surface area contributed by atoms with Crippen molar-refractivity contribution >= 4 is 0 Å². The van der Waals surface area contributed by atoms with E-state index in [2.05, 4.69) is 22.6 Å². The summed E-state index contributed by atoms with van der Waals surface area (Å²) in [5.74, 6) is 0. The van der Waals surface area contributed by atoms with Crippen LogP contribution in [-0.2, 0) is 17.8 Å². The molecule has 0 saturated heterocycles. The van der Waals surface area contributed by atoms with Crippen molar-refractivity contribution in [1.29, 1.82) is 0 Å². The van der Waals surface area contributed by atoms with Crippen molar-refractivity contribution in [3.63, 3.8) is 0 Å². The van der Waals surface area contributed by atoms with Gasteiger partial charge in [-0.15, -0.1) is 5.10 Å². The number of ether oxygens (including phenoxy) is 1. The van der Waals surface area contributed by atoms with E-state index in [1.807, 2.05) is 10.9 Å². The first-order valence-corrected chi connectivity index (χ1v) is 8.45. The molecule has 1 N–H and O–H groups in total. The van der Waals surface area contributed by atoms with E-state index in [4.69, 9.17) is 4.74 Å². The molecule has 0 fully saturated rings. The summed E-state index contributed by atoms with van der Waals surface area (Å²) < 4.78 is 6.95. The lowest BCUT2D eigenvalue weighted by atomic mass is 10.1. The first-order chi connectivity index (χ1) is 10.4. The van der Waals surface area contributed by atoms with E-state index in [9.17, 15) is 0 Å². The van der Waals surface area contributed by atoms with Crippen molar-refractivity contribution in [1.82, 2.24) is 20.3 Å². The van der Waals surface area contributed by atoms with Gasteiger partial charge in [0, 0.05) is 32.9 Å². The molecule has 0 atom stereocenters. The molecule has 0 amide bonds. The van der Waals surface area contributed by atoms with Gasteiger partial charge in [0.25, 0.3) is 0 Å². The predicted octanol–water partition coefficient (Wildman–Crippen LogP) is 3.15. The number of hydrogen-bond acceptors (Lipinski definition) is 4. The van der Waals surface area contributed by atoms with Crippen molar-refractivity contribution in [2.24, 2.45) is 0 Å². The minimum Gasteiger partial charge on any atom is -0.383 e. The summed E-state index contributed by atoms with van der Waals surface area (Å²) in [5, 5.41) is 11.6. The maximum absolute atomic E-state index is 4.99. The van der Waals surface area contributed by atoms with Crippen LogP contribution in [0, 0.1) is 0 Å².